The van der Waals surface area contributed by atoms with Gasteiger partial charge in [0.1, 0.15) is 0 Å². The van der Waals surface area contributed by atoms with E-state index in [0.29, 0.717) is 22.8 Å². The standard InChI is InChI=1S/C21H23N3O3/c1-13-6-5-7-16(10-13)20-17(12-22-24-20)21(25)23-14(2)15-8-9-18(26-3)19(11-15)27-4/h5-12,14H,1-4H3,(H,22,24)(H,23,25)/t14-/m0/s1. The maximum absolute atomic E-state index is 12.8. The van der Waals surface area contributed by atoms with Gasteiger partial charge >= 0.3 is 0 Å². The van der Waals surface area contributed by atoms with Crippen molar-refractivity contribution in [2.45, 2.75) is 19.9 Å². The van der Waals surface area contributed by atoms with Crippen LogP contribution in [0.3, 0.4) is 0 Å². The minimum Gasteiger partial charge on any atom is -0.493 e. The summed E-state index contributed by atoms with van der Waals surface area (Å²) in [6, 6.07) is 13.3. The van der Waals surface area contributed by atoms with Crippen LogP contribution in [0.25, 0.3) is 11.3 Å². The van der Waals surface area contributed by atoms with Crippen LogP contribution >= 0.6 is 0 Å². The summed E-state index contributed by atoms with van der Waals surface area (Å²) in [5, 5.41) is 10.0. The van der Waals surface area contributed by atoms with Crippen LogP contribution in [-0.4, -0.2) is 30.3 Å². The SMILES string of the molecule is COc1ccc([C@H](C)NC(=O)c2cn[nH]c2-c2cccc(C)c2)cc1OC. The third-order valence-electron chi connectivity index (χ3n) is 4.45. The Morgan fingerprint density at radius 2 is 1.89 bits per heavy atom. The van der Waals surface area contributed by atoms with E-state index < -0.39 is 0 Å². The minimum atomic E-state index is -0.211. The summed E-state index contributed by atoms with van der Waals surface area (Å²) in [6.45, 7) is 3.93. The fraction of sp³-hybridized carbons (Fsp3) is 0.238. The van der Waals surface area contributed by atoms with Crippen LogP contribution in [0.2, 0.25) is 0 Å². The lowest BCUT2D eigenvalue weighted by molar-refractivity contribution is 0.0940. The molecule has 3 rings (SSSR count). The summed E-state index contributed by atoms with van der Waals surface area (Å²) in [7, 11) is 3.18. The first-order chi connectivity index (χ1) is 13.0. The second-order valence-corrected chi connectivity index (χ2v) is 6.34. The summed E-state index contributed by atoms with van der Waals surface area (Å²) in [5.41, 5.74) is 4.17. The number of nitrogens with one attached hydrogen (secondary N) is 2. The summed E-state index contributed by atoms with van der Waals surface area (Å²) in [5.74, 6) is 1.08. The second kappa shape index (κ2) is 7.95. The van der Waals surface area contributed by atoms with E-state index in [1.165, 1.54) is 0 Å². The molecule has 1 heterocycles. The van der Waals surface area contributed by atoms with Crippen molar-refractivity contribution in [3.8, 4) is 22.8 Å². The predicted octanol–water partition coefficient (Wildman–Crippen LogP) is 3.89. The summed E-state index contributed by atoms with van der Waals surface area (Å²) in [6.07, 6.45) is 1.55. The van der Waals surface area contributed by atoms with Gasteiger partial charge in [0.25, 0.3) is 5.91 Å². The van der Waals surface area contributed by atoms with Crippen molar-refractivity contribution in [3.05, 3.63) is 65.4 Å². The van der Waals surface area contributed by atoms with Crippen molar-refractivity contribution in [1.29, 1.82) is 0 Å². The predicted molar refractivity (Wildman–Crippen MR) is 104 cm³/mol. The molecule has 1 aromatic heterocycles. The number of hydrogen-bond donors (Lipinski definition) is 2. The highest BCUT2D eigenvalue weighted by molar-refractivity contribution is 6.00. The van der Waals surface area contributed by atoms with Crippen LogP contribution < -0.4 is 14.8 Å². The maximum Gasteiger partial charge on any atom is 0.255 e. The van der Waals surface area contributed by atoms with E-state index in [9.17, 15) is 4.79 Å². The van der Waals surface area contributed by atoms with E-state index in [0.717, 1.165) is 16.7 Å². The van der Waals surface area contributed by atoms with Crippen LogP contribution in [0.15, 0.2) is 48.7 Å². The first-order valence-corrected chi connectivity index (χ1v) is 8.66. The number of amides is 1. The van der Waals surface area contributed by atoms with E-state index >= 15 is 0 Å². The number of methoxy groups -OCH3 is 2. The Hall–Kier alpha value is -3.28. The number of aryl methyl sites for hydroxylation is 1. The molecule has 0 spiro atoms. The van der Waals surface area contributed by atoms with Crippen molar-refractivity contribution >= 4 is 5.91 Å². The van der Waals surface area contributed by atoms with Gasteiger partial charge in [-0.3, -0.25) is 9.89 Å². The molecule has 0 bridgehead atoms. The number of rotatable bonds is 6. The fourth-order valence-corrected chi connectivity index (χ4v) is 2.96. The van der Waals surface area contributed by atoms with Gasteiger partial charge in [0.15, 0.2) is 11.5 Å². The molecule has 0 unspecified atom stereocenters. The van der Waals surface area contributed by atoms with Gasteiger partial charge in [-0.05, 0) is 37.6 Å². The number of aromatic nitrogens is 2. The van der Waals surface area contributed by atoms with Crippen molar-refractivity contribution < 1.29 is 14.3 Å². The molecule has 1 atom stereocenters. The van der Waals surface area contributed by atoms with Gasteiger partial charge in [-0.2, -0.15) is 5.10 Å². The molecular formula is C21H23N3O3. The Bertz CT molecular complexity index is 949. The smallest absolute Gasteiger partial charge is 0.255 e. The van der Waals surface area contributed by atoms with Crippen LogP contribution in [0.5, 0.6) is 11.5 Å². The average Bonchev–Trinajstić information content (AvgIpc) is 3.17. The van der Waals surface area contributed by atoms with Gasteiger partial charge in [0, 0.05) is 5.56 Å². The van der Waals surface area contributed by atoms with Gasteiger partial charge < -0.3 is 14.8 Å². The average molecular weight is 365 g/mol. The first-order valence-electron chi connectivity index (χ1n) is 8.66. The molecule has 6 heteroatoms. The molecule has 0 saturated carbocycles. The third-order valence-corrected chi connectivity index (χ3v) is 4.45. The van der Waals surface area contributed by atoms with Crippen LogP contribution in [0.4, 0.5) is 0 Å². The second-order valence-electron chi connectivity index (χ2n) is 6.34. The largest absolute Gasteiger partial charge is 0.493 e. The highest BCUT2D eigenvalue weighted by Gasteiger charge is 2.18. The minimum absolute atomic E-state index is 0.192. The number of hydrogen-bond acceptors (Lipinski definition) is 4. The topological polar surface area (TPSA) is 76.2 Å². The lowest BCUT2D eigenvalue weighted by Crippen LogP contribution is -2.26. The van der Waals surface area contributed by atoms with E-state index in [1.54, 1.807) is 20.4 Å². The van der Waals surface area contributed by atoms with Crippen LogP contribution in [0, 0.1) is 6.92 Å². The lowest BCUT2D eigenvalue weighted by atomic mass is 10.0. The molecule has 0 aliphatic rings. The molecule has 2 N–H and O–H groups in total. The molecule has 2 aromatic carbocycles. The highest BCUT2D eigenvalue weighted by atomic mass is 16.5. The zero-order chi connectivity index (χ0) is 19.4. The van der Waals surface area contributed by atoms with Gasteiger partial charge in [0.2, 0.25) is 0 Å². The number of carbonyl (C=O) groups excluding carboxylic acids is 1. The molecule has 140 valence electrons. The Morgan fingerprint density at radius 3 is 2.59 bits per heavy atom. The zero-order valence-electron chi connectivity index (χ0n) is 15.9. The molecule has 3 aromatic rings. The Labute approximate surface area is 158 Å². The quantitative estimate of drug-likeness (QED) is 0.695. The number of carbonyl (C=O) groups is 1. The number of ether oxygens (including phenoxy) is 2. The monoisotopic (exact) mass is 365 g/mol. The highest BCUT2D eigenvalue weighted by Crippen LogP contribution is 2.30. The molecule has 6 nitrogen and oxygen atoms in total. The molecule has 1 amide bonds. The number of nitrogens with zero attached hydrogens (tertiary/aromatic N) is 1. The normalized spacial score (nSPS) is 11.7. The summed E-state index contributed by atoms with van der Waals surface area (Å²) in [4.78, 5) is 12.8. The van der Waals surface area contributed by atoms with Crippen LogP contribution in [0.1, 0.15) is 34.5 Å². The number of benzene rings is 2. The van der Waals surface area contributed by atoms with Gasteiger partial charge in [-0.1, -0.05) is 29.8 Å². The van der Waals surface area contributed by atoms with Gasteiger partial charge in [-0.25, -0.2) is 0 Å². The Balaban J connectivity index is 1.81. The summed E-state index contributed by atoms with van der Waals surface area (Å²) < 4.78 is 10.6. The molecule has 0 fully saturated rings. The number of aromatic amines is 1. The van der Waals surface area contributed by atoms with Gasteiger partial charge in [0.05, 0.1) is 37.7 Å². The maximum atomic E-state index is 12.8. The molecule has 0 saturated heterocycles. The van der Waals surface area contributed by atoms with Crippen molar-refractivity contribution in [2.24, 2.45) is 0 Å². The molecule has 27 heavy (non-hydrogen) atoms. The van der Waals surface area contributed by atoms with Gasteiger partial charge in [-0.15, -0.1) is 0 Å². The van der Waals surface area contributed by atoms with E-state index in [1.807, 2.05) is 56.3 Å². The molecule has 0 aliphatic heterocycles. The van der Waals surface area contributed by atoms with E-state index in [4.69, 9.17) is 9.47 Å². The van der Waals surface area contributed by atoms with Crippen molar-refractivity contribution in [1.82, 2.24) is 15.5 Å². The molecule has 0 radical (unpaired) electrons. The van der Waals surface area contributed by atoms with Crippen molar-refractivity contribution in [3.63, 3.8) is 0 Å². The summed E-state index contributed by atoms with van der Waals surface area (Å²) >= 11 is 0. The van der Waals surface area contributed by atoms with Crippen LogP contribution in [-0.2, 0) is 0 Å². The van der Waals surface area contributed by atoms with E-state index in [2.05, 4.69) is 15.5 Å². The van der Waals surface area contributed by atoms with Crippen molar-refractivity contribution in [2.75, 3.05) is 14.2 Å². The van der Waals surface area contributed by atoms with E-state index in [-0.39, 0.29) is 11.9 Å². The number of H-pyrrole nitrogens is 1. The molecule has 0 aliphatic carbocycles. The Morgan fingerprint density at radius 1 is 1.11 bits per heavy atom. The third kappa shape index (κ3) is 3.95. The Kier molecular flexibility index (Phi) is 5.45. The fourth-order valence-electron chi connectivity index (χ4n) is 2.96. The molecular weight excluding hydrogens is 342 g/mol. The first kappa shape index (κ1) is 18.5. The zero-order valence-corrected chi connectivity index (χ0v) is 15.9. The lowest BCUT2D eigenvalue weighted by Gasteiger charge is -2.16.